The lowest BCUT2D eigenvalue weighted by molar-refractivity contribution is 0.0697. The van der Waals surface area contributed by atoms with Gasteiger partial charge >= 0.3 is 5.97 Å². The molecule has 26 heavy (non-hydrogen) atoms. The van der Waals surface area contributed by atoms with E-state index in [-0.39, 0.29) is 5.56 Å². The van der Waals surface area contributed by atoms with Gasteiger partial charge in [-0.1, -0.05) is 19.9 Å². The number of nitrogens with zero attached hydrogens (tertiary/aromatic N) is 2. The number of anilines is 2. The molecule has 5 nitrogen and oxygen atoms in total. The average Bonchev–Trinajstić information content (AvgIpc) is 3.38. The number of nitrogens with one attached hydrogen (secondary N) is 1. The van der Waals surface area contributed by atoms with Crippen LogP contribution in [-0.4, -0.2) is 20.6 Å². The topological polar surface area (TPSA) is 67.2 Å². The molecule has 1 aliphatic carbocycles. The lowest BCUT2D eigenvalue weighted by Crippen LogP contribution is -2.06. The maximum atomic E-state index is 11.7. The largest absolute Gasteiger partial charge is 0.478 e. The van der Waals surface area contributed by atoms with Crippen LogP contribution < -0.4 is 5.32 Å². The molecule has 0 aliphatic heterocycles. The monoisotopic (exact) mass is 349 g/mol. The first kappa shape index (κ1) is 16.6. The molecule has 0 bridgehead atoms. The summed E-state index contributed by atoms with van der Waals surface area (Å²) in [7, 11) is 0. The van der Waals surface area contributed by atoms with Crippen LogP contribution in [0.2, 0.25) is 0 Å². The highest BCUT2D eigenvalue weighted by Crippen LogP contribution is 2.40. The minimum Gasteiger partial charge on any atom is -0.478 e. The second-order valence-corrected chi connectivity index (χ2v) is 7.50. The molecule has 0 spiro atoms. The van der Waals surface area contributed by atoms with Crippen LogP contribution in [0.3, 0.4) is 0 Å². The minimum atomic E-state index is -0.952. The predicted octanol–water partition coefficient (Wildman–Crippen LogP) is 5.01. The number of benzene rings is 1. The fraction of sp³-hybridized carbons (Fsp3) is 0.333. The predicted molar refractivity (Wildman–Crippen MR) is 103 cm³/mol. The number of carboxylic acids is 1. The van der Waals surface area contributed by atoms with Gasteiger partial charge in [-0.25, -0.2) is 9.78 Å². The molecular formula is C21H23N3O2. The first-order chi connectivity index (χ1) is 12.5. The second-order valence-electron chi connectivity index (χ2n) is 7.50. The van der Waals surface area contributed by atoms with Gasteiger partial charge in [0.2, 0.25) is 0 Å². The molecule has 0 unspecified atom stereocenters. The Balaban J connectivity index is 1.67. The standard InChI is InChI=1S/C21H23N3O2/c1-13(2)12-24-8-7-15-5-6-17(10-19(15)24)23-20-18(21(25)26)9-16(11-22-20)14-3-4-14/h5-11,13-14H,3-4,12H2,1-2H3,(H,22,23)(H,25,26). The maximum Gasteiger partial charge on any atom is 0.339 e. The Bertz CT molecular complexity index is 971. The number of aromatic nitrogens is 2. The molecule has 2 aromatic heterocycles. The highest BCUT2D eigenvalue weighted by atomic mass is 16.4. The van der Waals surface area contributed by atoms with Crippen LogP contribution in [0.25, 0.3) is 10.9 Å². The molecule has 2 N–H and O–H groups in total. The van der Waals surface area contributed by atoms with Gasteiger partial charge in [-0.05, 0) is 59.9 Å². The van der Waals surface area contributed by atoms with Crippen molar-refractivity contribution in [3.05, 3.63) is 53.9 Å². The SMILES string of the molecule is CC(C)Cn1ccc2ccc(Nc3ncc(C4CC4)cc3C(=O)O)cc21. The Morgan fingerprint density at radius 1 is 1.31 bits per heavy atom. The summed E-state index contributed by atoms with van der Waals surface area (Å²) in [6.45, 7) is 5.33. The highest BCUT2D eigenvalue weighted by molar-refractivity contribution is 5.94. The molecule has 134 valence electrons. The maximum absolute atomic E-state index is 11.7. The van der Waals surface area contributed by atoms with Gasteiger partial charge in [-0.15, -0.1) is 0 Å². The molecule has 1 aliphatic rings. The summed E-state index contributed by atoms with van der Waals surface area (Å²) in [5, 5.41) is 13.9. The zero-order chi connectivity index (χ0) is 18.3. The van der Waals surface area contributed by atoms with Gasteiger partial charge in [0.25, 0.3) is 0 Å². The van der Waals surface area contributed by atoms with E-state index in [1.807, 2.05) is 12.1 Å². The number of aromatic carboxylic acids is 1. The summed E-state index contributed by atoms with van der Waals surface area (Å²) in [5.41, 5.74) is 3.23. The Morgan fingerprint density at radius 2 is 2.12 bits per heavy atom. The van der Waals surface area contributed by atoms with Crippen LogP contribution in [0.15, 0.2) is 42.7 Å². The molecule has 1 fully saturated rings. The third-order valence-electron chi connectivity index (χ3n) is 4.79. The molecule has 3 aromatic rings. The van der Waals surface area contributed by atoms with Crippen LogP contribution in [0.1, 0.15) is 48.5 Å². The molecule has 0 atom stereocenters. The summed E-state index contributed by atoms with van der Waals surface area (Å²) in [4.78, 5) is 16.1. The van der Waals surface area contributed by atoms with Crippen molar-refractivity contribution in [1.82, 2.24) is 9.55 Å². The molecule has 0 amide bonds. The van der Waals surface area contributed by atoms with Crippen LogP contribution in [0, 0.1) is 5.92 Å². The number of rotatable bonds is 6. The molecule has 5 heteroatoms. The Hall–Kier alpha value is -2.82. The van der Waals surface area contributed by atoms with Crippen LogP contribution >= 0.6 is 0 Å². The van der Waals surface area contributed by atoms with Crippen LogP contribution in [-0.2, 0) is 6.54 Å². The van der Waals surface area contributed by atoms with E-state index in [1.165, 1.54) is 5.39 Å². The fourth-order valence-corrected chi connectivity index (χ4v) is 3.33. The van der Waals surface area contributed by atoms with E-state index in [2.05, 4.69) is 47.0 Å². The number of fused-ring (bicyclic) bond motifs is 1. The molecule has 1 saturated carbocycles. The molecule has 4 rings (SSSR count). The van der Waals surface area contributed by atoms with Gasteiger partial charge in [-0.3, -0.25) is 0 Å². The van der Waals surface area contributed by atoms with E-state index in [4.69, 9.17) is 0 Å². The molecule has 2 heterocycles. The van der Waals surface area contributed by atoms with Crippen molar-refractivity contribution in [1.29, 1.82) is 0 Å². The number of pyridine rings is 1. The van der Waals surface area contributed by atoms with Gasteiger partial charge in [0.1, 0.15) is 11.4 Å². The fourth-order valence-electron chi connectivity index (χ4n) is 3.33. The number of carboxylic acid groups (broad SMARTS) is 1. The van der Waals surface area contributed by atoms with Crippen molar-refractivity contribution in [3.8, 4) is 0 Å². The smallest absolute Gasteiger partial charge is 0.339 e. The van der Waals surface area contributed by atoms with Crippen molar-refractivity contribution in [3.63, 3.8) is 0 Å². The first-order valence-corrected chi connectivity index (χ1v) is 9.10. The van der Waals surface area contributed by atoms with E-state index in [9.17, 15) is 9.90 Å². The third-order valence-corrected chi connectivity index (χ3v) is 4.79. The Morgan fingerprint density at radius 3 is 2.81 bits per heavy atom. The zero-order valence-corrected chi connectivity index (χ0v) is 15.1. The third kappa shape index (κ3) is 3.29. The number of hydrogen-bond donors (Lipinski definition) is 2. The van der Waals surface area contributed by atoms with Gasteiger partial charge in [0.15, 0.2) is 0 Å². The second kappa shape index (κ2) is 6.48. The highest BCUT2D eigenvalue weighted by Gasteiger charge is 2.26. The summed E-state index contributed by atoms with van der Waals surface area (Å²) in [5.74, 6) is 0.470. The molecular weight excluding hydrogens is 326 g/mol. The van der Waals surface area contributed by atoms with Gasteiger partial charge in [0, 0.05) is 24.6 Å². The minimum absolute atomic E-state index is 0.229. The zero-order valence-electron chi connectivity index (χ0n) is 15.1. The van der Waals surface area contributed by atoms with Gasteiger partial charge in [-0.2, -0.15) is 0 Å². The van der Waals surface area contributed by atoms with E-state index in [1.54, 1.807) is 12.3 Å². The van der Waals surface area contributed by atoms with Gasteiger partial charge < -0.3 is 15.0 Å². The van der Waals surface area contributed by atoms with E-state index in [0.717, 1.165) is 36.2 Å². The lowest BCUT2D eigenvalue weighted by atomic mass is 10.1. The first-order valence-electron chi connectivity index (χ1n) is 9.10. The average molecular weight is 349 g/mol. The van der Waals surface area contributed by atoms with Crippen molar-refractivity contribution in [2.24, 2.45) is 5.92 Å². The number of carbonyl (C=O) groups is 1. The normalized spacial score (nSPS) is 14.1. The molecule has 0 saturated heterocycles. The molecule has 1 aromatic carbocycles. The van der Waals surface area contributed by atoms with Crippen molar-refractivity contribution in [2.45, 2.75) is 39.2 Å². The Labute approximate surface area is 152 Å². The Kier molecular flexibility index (Phi) is 4.15. The van der Waals surface area contributed by atoms with Crippen molar-refractivity contribution < 1.29 is 9.90 Å². The van der Waals surface area contributed by atoms with Crippen molar-refractivity contribution in [2.75, 3.05) is 5.32 Å². The summed E-state index contributed by atoms with van der Waals surface area (Å²) >= 11 is 0. The van der Waals surface area contributed by atoms with Crippen LogP contribution in [0.5, 0.6) is 0 Å². The lowest BCUT2D eigenvalue weighted by Gasteiger charge is -2.12. The summed E-state index contributed by atoms with van der Waals surface area (Å²) in [6.07, 6.45) is 6.14. The van der Waals surface area contributed by atoms with E-state index < -0.39 is 5.97 Å². The van der Waals surface area contributed by atoms with Crippen LogP contribution in [0.4, 0.5) is 11.5 Å². The van der Waals surface area contributed by atoms with E-state index >= 15 is 0 Å². The summed E-state index contributed by atoms with van der Waals surface area (Å²) in [6, 6.07) is 9.93. The van der Waals surface area contributed by atoms with Crippen molar-refractivity contribution >= 4 is 28.4 Å². The van der Waals surface area contributed by atoms with Gasteiger partial charge in [0.05, 0.1) is 5.52 Å². The molecule has 0 radical (unpaired) electrons. The quantitative estimate of drug-likeness (QED) is 0.656. The number of hydrogen-bond acceptors (Lipinski definition) is 3. The van der Waals surface area contributed by atoms with E-state index in [0.29, 0.717) is 17.7 Å². The summed E-state index contributed by atoms with van der Waals surface area (Å²) < 4.78 is 2.23.